The van der Waals surface area contributed by atoms with Crippen LogP contribution in [0, 0.1) is 5.82 Å². The predicted octanol–water partition coefficient (Wildman–Crippen LogP) is 3.88. The number of hydrogen-bond acceptors (Lipinski definition) is 3. The molecule has 2 rings (SSSR count). The van der Waals surface area contributed by atoms with Crippen LogP contribution in [0.25, 0.3) is 10.6 Å². The smallest absolute Gasteiger partial charge is 0.141 e. The summed E-state index contributed by atoms with van der Waals surface area (Å²) in [5, 5.41) is 4.15. The Morgan fingerprint density at radius 2 is 2.22 bits per heavy atom. The van der Waals surface area contributed by atoms with E-state index in [9.17, 15) is 4.39 Å². The molecule has 0 aliphatic rings. The van der Waals surface area contributed by atoms with Gasteiger partial charge >= 0.3 is 0 Å². The minimum atomic E-state index is -0.400. The molecule has 0 fully saturated rings. The number of benzene rings is 1. The molecule has 0 unspecified atom stereocenters. The van der Waals surface area contributed by atoms with Gasteiger partial charge in [0.1, 0.15) is 10.8 Å². The molecule has 0 atom stereocenters. The summed E-state index contributed by atoms with van der Waals surface area (Å²) in [4.78, 5) is 5.80. The molecule has 0 saturated carbocycles. The molecule has 96 valence electrons. The lowest BCUT2D eigenvalue weighted by atomic mass is 10.2. The molecule has 1 aromatic carbocycles. The van der Waals surface area contributed by atoms with Crippen LogP contribution in [0.15, 0.2) is 18.2 Å². The van der Waals surface area contributed by atoms with Gasteiger partial charge in [0.05, 0.1) is 10.7 Å². The highest BCUT2D eigenvalue weighted by atomic mass is 35.5. The van der Waals surface area contributed by atoms with Crippen molar-refractivity contribution in [2.75, 3.05) is 7.05 Å². The highest BCUT2D eigenvalue weighted by Crippen LogP contribution is 2.30. The van der Waals surface area contributed by atoms with Gasteiger partial charge < -0.3 is 5.32 Å². The van der Waals surface area contributed by atoms with Gasteiger partial charge in [-0.3, -0.25) is 0 Å². The summed E-state index contributed by atoms with van der Waals surface area (Å²) in [6, 6.07) is 4.71. The van der Waals surface area contributed by atoms with Crippen LogP contribution in [0.5, 0.6) is 0 Å². The summed E-state index contributed by atoms with van der Waals surface area (Å²) in [5.41, 5.74) is 1.95. The van der Waals surface area contributed by atoms with Gasteiger partial charge in [-0.25, -0.2) is 9.37 Å². The Morgan fingerprint density at radius 3 is 2.83 bits per heavy atom. The molecule has 1 aromatic heterocycles. The number of hydrogen-bond donors (Lipinski definition) is 1. The molecule has 0 spiro atoms. The van der Waals surface area contributed by atoms with Crippen LogP contribution in [0.1, 0.15) is 17.5 Å². The summed E-state index contributed by atoms with van der Waals surface area (Å²) in [6.45, 7) is 2.88. The van der Waals surface area contributed by atoms with Crippen LogP contribution in [-0.2, 0) is 13.0 Å². The van der Waals surface area contributed by atoms with Crippen LogP contribution in [0.2, 0.25) is 5.02 Å². The van der Waals surface area contributed by atoms with E-state index in [2.05, 4.69) is 17.2 Å². The van der Waals surface area contributed by atoms with Gasteiger partial charge in [0.25, 0.3) is 0 Å². The van der Waals surface area contributed by atoms with Gasteiger partial charge in [-0.15, -0.1) is 11.3 Å². The Hall–Kier alpha value is -0.970. The molecular formula is C13H14ClFN2S. The van der Waals surface area contributed by atoms with E-state index in [1.165, 1.54) is 10.9 Å². The maximum Gasteiger partial charge on any atom is 0.141 e. The standard InChI is InChI=1S/C13H14ClFN2S/c1-3-11-12(7-16-2)18-13(17-11)8-4-5-10(15)9(14)6-8/h4-6,16H,3,7H2,1-2H3. The molecule has 0 aliphatic heterocycles. The van der Waals surface area contributed by atoms with Crippen LogP contribution >= 0.6 is 22.9 Å². The van der Waals surface area contributed by atoms with E-state index in [1.54, 1.807) is 23.5 Å². The summed E-state index contributed by atoms with van der Waals surface area (Å²) in [6.07, 6.45) is 0.891. The zero-order chi connectivity index (χ0) is 13.1. The van der Waals surface area contributed by atoms with Gasteiger partial charge in [-0.2, -0.15) is 0 Å². The molecule has 1 heterocycles. The maximum atomic E-state index is 13.1. The number of aromatic nitrogens is 1. The van der Waals surface area contributed by atoms with Gasteiger partial charge in [0.15, 0.2) is 0 Å². The zero-order valence-corrected chi connectivity index (χ0v) is 11.8. The molecule has 0 saturated heterocycles. The Bertz CT molecular complexity index is 554. The van der Waals surface area contributed by atoms with Crippen LogP contribution in [0.4, 0.5) is 4.39 Å². The Kier molecular flexibility index (Phi) is 4.32. The second kappa shape index (κ2) is 5.78. The number of halogens is 2. The third kappa shape index (κ3) is 2.71. The van der Waals surface area contributed by atoms with Crippen LogP contribution in [0.3, 0.4) is 0 Å². The average Bonchev–Trinajstić information content (AvgIpc) is 2.76. The molecule has 0 radical (unpaired) electrons. The van der Waals surface area contributed by atoms with Gasteiger partial charge in [-0.1, -0.05) is 18.5 Å². The first-order valence-corrected chi connectivity index (χ1v) is 6.93. The first-order chi connectivity index (χ1) is 8.65. The highest BCUT2D eigenvalue weighted by Gasteiger charge is 2.12. The second-order valence-corrected chi connectivity index (χ2v) is 5.39. The van der Waals surface area contributed by atoms with E-state index in [0.29, 0.717) is 0 Å². The van der Waals surface area contributed by atoms with Crippen molar-refractivity contribution in [2.24, 2.45) is 0 Å². The summed E-state index contributed by atoms with van der Waals surface area (Å²) < 4.78 is 13.1. The summed E-state index contributed by atoms with van der Waals surface area (Å²) in [5.74, 6) is -0.400. The van der Waals surface area contributed by atoms with Gasteiger partial charge in [0, 0.05) is 17.0 Å². The Labute approximate surface area is 115 Å². The molecule has 0 aliphatic carbocycles. The van der Waals surface area contributed by atoms with Crippen molar-refractivity contribution in [1.82, 2.24) is 10.3 Å². The normalized spacial score (nSPS) is 10.9. The fourth-order valence-corrected chi connectivity index (χ4v) is 3.05. The monoisotopic (exact) mass is 284 g/mol. The highest BCUT2D eigenvalue weighted by molar-refractivity contribution is 7.15. The van der Waals surface area contributed by atoms with Crippen molar-refractivity contribution in [1.29, 1.82) is 0 Å². The second-order valence-electron chi connectivity index (χ2n) is 3.90. The summed E-state index contributed by atoms with van der Waals surface area (Å²) >= 11 is 7.42. The molecule has 5 heteroatoms. The minimum Gasteiger partial charge on any atom is -0.315 e. The van der Waals surface area contributed by atoms with E-state index >= 15 is 0 Å². The average molecular weight is 285 g/mol. The third-order valence-electron chi connectivity index (χ3n) is 2.62. The number of nitrogens with one attached hydrogen (secondary N) is 1. The van der Waals surface area contributed by atoms with E-state index in [0.717, 1.165) is 29.2 Å². The Morgan fingerprint density at radius 1 is 1.44 bits per heavy atom. The van der Waals surface area contributed by atoms with Crippen molar-refractivity contribution in [3.05, 3.63) is 39.6 Å². The molecule has 0 amide bonds. The number of thiazole rings is 1. The molecule has 2 nitrogen and oxygen atoms in total. The third-order valence-corrected chi connectivity index (χ3v) is 4.05. The largest absolute Gasteiger partial charge is 0.315 e. The SMILES string of the molecule is CCc1nc(-c2ccc(F)c(Cl)c2)sc1CNC. The number of nitrogens with zero attached hydrogens (tertiary/aromatic N) is 1. The van der Waals surface area contributed by atoms with Crippen molar-refractivity contribution < 1.29 is 4.39 Å². The van der Waals surface area contributed by atoms with E-state index in [1.807, 2.05) is 7.05 Å². The first-order valence-electron chi connectivity index (χ1n) is 5.74. The molecular weight excluding hydrogens is 271 g/mol. The van der Waals surface area contributed by atoms with Crippen molar-refractivity contribution in [3.63, 3.8) is 0 Å². The predicted molar refractivity (Wildman–Crippen MR) is 74.7 cm³/mol. The molecule has 1 N–H and O–H groups in total. The molecule has 2 aromatic rings. The fourth-order valence-electron chi connectivity index (χ4n) is 1.71. The summed E-state index contributed by atoms with van der Waals surface area (Å²) in [7, 11) is 1.91. The maximum absolute atomic E-state index is 13.1. The lowest BCUT2D eigenvalue weighted by Crippen LogP contribution is -2.05. The number of aryl methyl sites for hydroxylation is 1. The lowest BCUT2D eigenvalue weighted by Gasteiger charge is -1.98. The zero-order valence-electron chi connectivity index (χ0n) is 10.3. The first kappa shape index (κ1) is 13.5. The van der Waals surface area contributed by atoms with Gasteiger partial charge in [0.2, 0.25) is 0 Å². The Balaban J connectivity index is 2.40. The van der Waals surface area contributed by atoms with Crippen molar-refractivity contribution in [2.45, 2.75) is 19.9 Å². The van der Waals surface area contributed by atoms with E-state index in [4.69, 9.17) is 11.6 Å². The van der Waals surface area contributed by atoms with Gasteiger partial charge in [-0.05, 0) is 31.7 Å². The fraction of sp³-hybridized carbons (Fsp3) is 0.308. The van der Waals surface area contributed by atoms with E-state index in [-0.39, 0.29) is 5.02 Å². The lowest BCUT2D eigenvalue weighted by molar-refractivity contribution is 0.628. The quantitative estimate of drug-likeness (QED) is 0.921. The van der Waals surface area contributed by atoms with Crippen LogP contribution < -0.4 is 5.32 Å². The molecule has 0 bridgehead atoms. The molecule has 18 heavy (non-hydrogen) atoms. The van der Waals surface area contributed by atoms with Crippen molar-refractivity contribution >= 4 is 22.9 Å². The minimum absolute atomic E-state index is 0.135. The van der Waals surface area contributed by atoms with Crippen LogP contribution in [-0.4, -0.2) is 12.0 Å². The van der Waals surface area contributed by atoms with Crippen molar-refractivity contribution in [3.8, 4) is 10.6 Å². The number of rotatable bonds is 4. The topological polar surface area (TPSA) is 24.9 Å². The van der Waals surface area contributed by atoms with E-state index < -0.39 is 5.82 Å².